The van der Waals surface area contributed by atoms with Crippen LogP contribution in [0.5, 0.6) is 0 Å². The number of piperidine rings is 1. The minimum atomic E-state index is -0.263. The van der Waals surface area contributed by atoms with Crippen LogP contribution in [0.4, 0.5) is 0 Å². The Morgan fingerprint density at radius 2 is 2.05 bits per heavy atom. The molecular weight excluding hydrogens is 286 g/mol. The number of thioether (sulfide) groups is 1. The minimum Gasteiger partial charge on any atom is -0.468 e. The van der Waals surface area contributed by atoms with Gasteiger partial charge in [0.15, 0.2) is 5.12 Å². The quantitative estimate of drug-likeness (QED) is 0.800. The number of hydrogen-bond acceptors (Lipinski definition) is 5. The zero-order valence-electron chi connectivity index (χ0n) is 12.5. The Balaban J connectivity index is 2.05. The number of methoxy groups -OCH3 is 1. The first-order chi connectivity index (χ1) is 10.1. The molecule has 2 unspecified atom stereocenters. The largest absolute Gasteiger partial charge is 0.468 e. The number of esters is 1. The minimum absolute atomic E-state index is 0.111. The van der Waals surface area contributed by atoms with Crippen LogP contribution >= 0.6 is 11.8 Å². The second kappa shape index (κ2) is 7.61. The highest BCUT2D eigenvalue weighted by molar-refractivity contribution is 8.14. The Morgan fingerprint density at radius 1 is 1.33 bits per heavy atom. The van der Waals surface area contributed by atoms with Gasteiger partial charge in [0.05, 0.1) is 7.11 Å². The lowest BCUT2D eigenvalue weighted by atomic mass is 10.0. The van der Waals surface area contributed by atoms with Crippen LogP contribution in [-0.4, -0.2) is 40.9 Å². The monoisotopic (exact) mass is 307 g/mol. The Bertz CT molecular complexity index is 492. The molecule has 0 radical (unpaired) electrons. The molecule has 0 bridgehead atoms. The topological polar surface area (TPSA) is 46.6 Å². The van der Waals surface area contributed by atoms with E-state index in [1.807, 2.05) is 18.2 Å². The smallest absolute Gasteiger partial charge is 0.323 e. The Kier molecular flexibility index (Phi) is 5.82. The third kappa shape index (κ3) is 4.58. The molecule has 1 saturated heterocycles. The molecule has 0 aromatic heterocycles. The number of likely N-dealkylation sites (tertiary alicyclic amines) is 1. The third-order valence-corrected chi connectivity index (χ3v) is 4.79. The summed E-state index contributed by atoms with van der Waals surface area (Å²) in [4.78, 5) is 25.5. The maximum absolute atomic E-state index is 12.0. The highest BCUT2D eigenvalue weighted by Crippen LogP contribution is 2.29. The van der Waals surface area contributed by atoms with E-state index >= 15 is 0 Å². The summed E-state index contributed by atoms with van der Waals surface area (Å²) in [5, 5.41) is 0.318. The molecule has 1 aliphatic rings. The van der Waals surface area contributed by atoms with Gasteiger partial charge in [0.1, 0.15) is 6.04 Å². The molecule has 21 heavy (non-hydrogen) atoms. The van der Waals surface area contributed by atoms with E-state index in [1.54, 1.807) is 6.92 Å². The summed E-state index contributed by atoms with van der Waals surface area (Å²) in [6.45, 7) is 3.12. The number of carbonyl (C=O) groups is 2. The van der Waals surface area contributed by atoms with Crippen molar-refractivity contribution in [3.05, 3.63) is 35.9 Å². The second-order valence-electron chi connectivity index (χ2n) is 5.25. The molecule has 0 saturated carbocycles. The fraction of sp³-hybridized carbons (Fsp3) is 0.500. The van der Waals surface area contributed by atoms with Crippen molar-refractivity contribution in [3.8, 4) is 0 Å². The molecule has 0 amide bonds. The maximum Gasteiger partial charge on any atom is 0.323 e. The van der Waals surface area contributed by atoms with Gasteiger partial charge in [-0.25, -0.2) is 0 Å². The molecule has 1 fully saturated rings. The Hall–Kier alpha value is -1.33. The molecule has 1 aromatic carbocycles. The first-order valence-electron chi connectivity index (χ1n) is 7.13. The van der Waals surface area contributed by atoms with Gasteiger partial charge in [-0.3, -0.25) is 14.5 Å². The molecule has 0 spiro atoms. The predicted molar refractivity (Wildman–Crippen MR) is 84.0 cm³/mol. The summed E-state index contributed by atoms with van der Waals surface area (Å²) in [6, 6.07) is 9.84. The fourth-order valence-electron chi connectivity index (χ4n) is 2.71. The van der Waals surface area contributed by atoms with E-state index < -0.39 is 0 Å². The number of hydrogen-bond donors (Lipinski definition) is 0. The molecule has 0 N–H and O–H groups in total. The molecule has 5 heteroatoms. The van der Waals surface area contributed by atoms with Gasteiger partial charge in [-0.1, -0.05) is 42.1 Å². The molecule has 1 aromatic rings. The van der Waals surface area contributed by atoms with E-state index in [4.69, 9.17) is 4.74 Å². The van der Waals surface area contributed by atoms with Gasteiger partial charge >= 0.3 is 5.97 Å². The predicted octanol–water partition coefficient (Wildman–Crippen LogP) is 2.47. The summed E-state index contributed by atoms with van der Waals surface area (Å²) in [7, 11) is 1.42. The van der Waals surface area contributed by atoms with E-state index in [0.717, 1.165) is 19.5 Å². The van der Waals surface area contributed by atoms with E-state index in [0.29, 0.717) is 6.42 Å². The summed E-state index contributed by atoms with van der Waals surface area (Å²) >= 11 is 1.34. The van der Waals surface area contributed by atoms with Crippen LogP contribution in [0.15, 0.2) is 30.3 Å². The summed E-state index contributed by atoms with van der Waals surface area (Å²) in [5.74, 6) is -0.209. The standard InChI is InChI=1S/C16H21NO3S/c1-12(18)21-14-8-9-17(15(10-14)16(19)20-2)11-13-6-4-3-5-7-13/h3-7,14-15H,8-11H2,1-2H3. The van der Waals surface area contributed by atoms with Crippen molar-refractivity contribution in [2.75, 3.05) is 13.7 Å². The Labute approximate surface area is 129 Å². The van der Waals surface area contributed by atoms with Crippen molar-refractivity contribution in [2.24, 2.45) is 0 Å². The van der Waals surface area contributed by atoms with Gasteiger partial charge in [-0.05, 0) is 18.4 Å². The lowest BCUT2D eigenvalue weighted by Gasteiger charge is -2.37. The van der Waals surface area contributed by atoms with Crippen molar-refractivity contribution in [2.45, 2.75) is 37.6 Å². The summed E-state index contributed by atoms with van der Waals surface area (Å²) in [6.07, 6.45) is 1.59. The molecule has 2 atom stereocenters. The third-order valence-electron chi connectivity index (χ3n) is 3.70. The molecule has 0 aliphatic carbocycles. The molecule has 2 rings (SSSR count). The van der Waals surface area contributed by atoms with Gasteiger partial charge in [0.25, 0.3) is 0 Å². The van der Waals surface area contributed by atoms with E-state index in [2.05, 4.69) is 17.0 Å². The number of nitrogens with zero attached hydrogens (tertiary/aromatic N) is 1. The van der Waals surface area contributed by atoms with Crippen LogP contribution in [0.25, 0.3) is 0 Å². The molecular formula is C16H21NO3S. The van der Waals surface area contributed by atoms with Gasteiger partial charge < -0.3 is 4.74 Å². The highest BCUT2D eigenvalue weighted by Gasteiger charge is 2.34. The van der Waals surface area contributed by atoms with Crippen LogP contribution in [0.3, 0.4) is 0 Å². The zero-order valence-corrected chi connectivity index (χ0v) is 13.3. The second-order valence-corrected chi connectivity index (χ2v) is 6.73. The number of rotatable bonds is 4. The van der Waals surface area contributed by atoms with Crippen molar-refractivity contribution < 1.29 is 14.3 Å². The average molecular weight is 307 g/mol. The van der Waals surface area contributed by atoms with Crippen LogP contribution < -0.4 is 0 Å². The summed E-state index contributed by atoms with van der Waals surface area (Å²) in [5.41, 5.74) is 1.18. The number of benzene rings is 1. The Morgan fingerprint density at radius 3 is 2.67 bits per heavy atom. The first kappa shape index (κ1) is 16.0. The zero-order chi connectivity index (χ0) is 15.2. The van der Waals surface area contributed by atoms with Gasteiger partial charge in [0, 0.05) is 25.3 Å². The lowest BCUT2D eigenvalue weighted by molar-refractivity contribution is -0.148. The van der Waals surface area contributed by atoms with Gasteiger partial charge in [-0.15, -0.1) is 0 Å². The fourth-order valence-corrected chi connectivity index (χ4v) is 3.68. The molecule has 1 heterocycles. The van der Waals surface area contributed by atoms with Crippen molar-refractivity contribution in [1.29, 1.82) is 0 Å². The van der Waals surface area contributed by atoms with Crippen LogP contribution in [0.1, 0.15) is 25.3 Å². The maximum atomic E-state index is 12.0. The highest BCUT2D eigenvalue weighted by atomic mass is 32.2. The average Bonchev–Trinajstić information content (AvgIpc) is 2.48. The normalized spacial score (nSPS) is 22.8. The van der Waals surface area contributed by atoms with Crippen molar-refractivity contribution in [1.82, 2.24) is 4.90 Å². The van der Waals surface area contributed by atoms with E-state index in [9.17, 15) is 9.59 Å². The van der Waals surface area contributed by atoms with Gasteiger partial charge in [-0.2, -0.15) is 0 Å². The molecule has 1 aliphatic heterocycles. The van der Waals surface area contributed by atoms with E-state index in [-0.39, 0.29) is 22.4 Å². The van der Waals surface area contributed by atoms with Crippen molar-refractivity contribution in [3.63, 3.8) is 0 Å². The number of ether oxygens (including phenoxy) is 1. The summed E-state index contributed by atoms with van der Waals surface area (Å²) < 4.78 is 4.94. The van der Waals surface area contributed by atoms with Crippen LogP contribution in [0.2, 0.25) is 0 Å². The molecule has 114 valence electrons. The van der Waals surface area contributed by atoms with Crippen LogP contribution in [-0.2, 0) is 20.9 Å². The van der Waals surface area contributed by atoms with Gasteiger partial charge in [0.2, 0.25) is 0 Å². The van der Waals surface area contributed by atoms with Crippen molar-refractivity contribution >= 4 is 22.8 Å². The number of carbonyl (C=O) groups excluding carboxylic acids is 2. The first-order valence-corrected chi connectivity index (χ1v) is 8.01. The van der Waals surface area contributed by atoms with Crippen LogP contribution in [0, 0.1) is 0 Å². The van der Waals surface area contributed by atoms with E-state index in [1.165, 1.54) is 24.4 Å². The lowest BCUT2D eigenvalue weighted by Crippen LogP contribution is -2.48. The molecule has 4 nitrogen and oxygen atoms in total. The SMILES string of the molecule is COC(=O)C1CC(SC(C)=O)CCN1Cc1ccccc1.